The van der Waals surface area contributed by atoms with Crippen LogP contribution in [0.15, 0.2) is 140 Å². The summed E-state index contributed by atoms with van der Waals surface area (Å²) in [4.78, 5) is 14.7. The van der Waals surface area contributed by atoms with E-state index in [1.54, 1.807) is 0 Å². The Bertz CT molecular complexity index is 2420. The van der Waals surface area contributed by atoms with Crippen LogP contribution in [0.2, 0.25) is 0 Å². The highest BCUT2D eigenvalue weighted by molar-refractivity contribution is 7.30. The fourth-order valence-electron chi connectivity index (χ4n) is 6.03. The molecule has 0 saturated carbocycles. The summed E-state index contributed by atoms with van der Waals surface area (Å²) in [6, 6.07) is 48.9. The maximum Gasteiger partial charge on any atom is 0.164 e. The van der Waals surface area contributed by atoms with E-state index in [9.17, 15) is 0 Å². The number of hydrogen-bond acceptors (Lipinski definition) is 5. The zero-order chi connectivity index (χ0) is 29.0. The Morgan fingerprint density at radius 3 is 1.57 bits per heavy atom. The highest BCUT2D eigenvalue weighted by atomic mass is 32.1. The first-order chi connectivity index (χ1) is 21.8. The number of thiophene rings is 2. The topological polar surface area (TPSA) is 38.7 Å². The van der Waals surface area contributed by atoms with Crippen LogP contribution in [0.25, 0.3) is 85.6 Å². The molecule has 0 fully saturated rings. The molecule has 206 valence electrons. The maximum absolute atomic E-state index is 4.91. The van der Waals surface area contributed by atoms with Gasteiger partial charge in [-0.1, -0.05) is 127 Å². The Hall–Kier alpha value is -5.23. The molecule has 0 aliphatic carbocycles. The highest BCUT2D eigenvalue weighted by Crippen LogP contribution is 2.46. The van der Waals surface area contributed by atoms with Gasteiger partial charge in [-0.2, -0.15) is 0 Å². The van der Waals surface area contributed by atoms with Crippen molar-refractivity contribution >= 4 is 63.0 Å². The van der Waals surface area contributed by atoms with Gasteiger partial charge < -0.3 is 0 Å². The lowest BCUT2D eigenvalue weighted by molar-refractivity contribution is 1.07. The predicted octanol–water partition coefficient (Wildman–Crippen LogP) is 11.3. The van der Waals surface area contributed by atoms with E-state index in [0.29, 0.717) is 17.5 Å². The highest BCUT2D eigenvalue weighted by Gasteiger charge is 2.16. The minimum absolute atomic E-state index is 0.663. The monoisotopic (exact) mass is 597 g/mol. The Kier molecular flexibility index (Phi) is 5.86. The van der Waals surface area contributed by atoms with Crippen molar-refractivity contribution in [3.63, 3.8) is 0 Å². The summed E-state index contributed by atoms with van der Waals surface area (Å²) in [5, 5.41) is 5.37. The van der Waals surface area contributed by atoms with Crippen LogP contribution in [-0.4, -0.2) is 15.0 Å². The van der Waals surface area contributed by atoms with Gasteiger partial charge in [0.05, 0.1) is 0 Å². The largest absolute Gasteiger partial charge is 0.208 e. The molecule has 0 N–H and O–H groups in total. The van der Waals surface area contributed by atoms with Gasteiger partial charge in [0.2, 0.25) is 0 Å². The second-order valence-corrected chi connectivity index (χ2v) is 12.9. The minimum atomic E-state index is 0.663. The van der Waals surface area contributed by atoms with E-state index in [-0.39, 0.29) is 0 Å². The van der Waals surface area contributed by atoms with Gasteiger partial charge >= 0.3 is 0 Å². The van der Waals surface area contributed by atoms with Crippen LogP contribution in [-0.2, 0) is 0 Å². The second-order valence-electron chi connectivity index (χ2n) is 10.8. The molecule has 0 radical (unpaired) electrons. The first kappa shape index (κ1) is 25.3. The van der Waals surface area contributed by atoms with Crippen molar-refractivity contribution in [3.05, 3.63) is 140 Å². The third-order valence-electron chi connectivity index (χ3n) is 8.16. The molecule has 0 amide bonds. The molecule has 3 aromatic heterocycles. The lowest BCUT2D eigenvalue weighted by Crippen LogP contribution is -2.00. The Morgan fingerprint density at radius 2 is 0.886 bits per heavy atom. The summed E-state index contributed by atoms with van der Waals surface area (Å²) in [7, 11) is 0. The van der Waals surface area contributed by atoms with Crippen molar-refractivity contribution in [2.45, 2.75) is 0 Å². The van der Waals surface area contributed by atoms with Gasteiger partial charge in [-0.3, -0.25) is 0 Å². The third kappa shape index (κ3) is 4.13. The van der Waals surface area contributed by atoms with E-state index >= 15 is 0 Å². The Labute approximate surface area is 261 Å². The van der Waals surface area contributed by atoms with Crippen LogP contribution in [0.5, 0.6) is 0 Å². The van der Waals surface area contributed by atoms with Gasteiger partial charge in [0.1, 0.15) is 0 Å². The molecule has 5 heteroatoms. The molecule has 9 aromatic rings. The summed E-state index contributed by atoms with van der Waals surface area (Å²) < 4.78 is 5.36. The lowest BCUT2D eigenvalue weighted by Gasteiger charge is -2.09. The summed E-state index contributed by atoms with van der Waals surface area (Å²) in [6.45, 7) is 0. The number of fused-ring (bicyclic) bond motifs is 7. The second kappa shape index (κ2) is 10.2. The summed E-state index contributed by atoms with van der Waals surface area (Å²) in [6.07, 6.45) is 0. The molecular weight excluding hydrogens is 575 g/mol. The van der Waals surface area contributed by atoms with Crippen LogP contribution in [0.4, 0.5) is 0 Å². The number of hydrogen-bond donors (Lipinski definition) is 0. The summed E-state index contributed by atoms with van der Waals surface area (Å²) in [5.41, 5.74) is 5.32. The zero-order valence-electron chi connectivity index (χ0n) is 23.4. The fourth-order valence-corrected chi connectivity index (χ4v) is 8.60. The average molecular weight is 598 g/mol. The zero-order valence-corrected chi connectivity index (χ0v) is 25.1. The van der Waals surface area contributed by atoms with E-state index in [2.05, 4.69) is 78.9 Å². The normalized spacial score (nSPS) is 11.6. The predicted molar refractivity (Wildman–Crippen MR) is 187 cm³/mol. The Balaban J connectivity index is 1.16. The average Bonchev–Trinajstić information content (AvgIpc) is 3.67. The molecule has 3 heterocycles. The van der Waals surface area contributed by atoms with Crippen molar-refractivity contribution in [1.82, 2.24) is 15.0 Å². The van der Waals surface area contributed by atoms with Crippen LogP contribution in [0.3, 0.4) is 0 Å². The lowest BCUT2D eigenvalue weighted by atomic mass is 10.0. The Morgan fingerprint density at radius 1 is 0.341 bits per heavy atom. The van der Waals surface area contributed by atoms with Crippen molar-refractivity contribution in [2.75, 3.05) is 0 Å². The molecule has 0 saturated heterocycles. The van der Waals surface area contributed by atoms with Crippen molar-refractivity contribution in [2.24, 2.45) is 0 Å². The quantitative estimate of drug-likeness (QED) is 0.203. The number of rotatable bonds is 4. The molecule has 0 unspecified atom stereocenters. The molecule has 0 bridgehead atoms. The standard InChI is InChI=1S/C39H23N3S2/c1-3-10-25(11-4-1)37-40-38(26-12-5-2-6-13-26)42-39(41-37)27-20-18-24(19-21-27)28-15-9-16-31-34-33(44-35(28)31)23-22-30-29-14-7-8-17-32(29)43-36(30)34/h1-23H. The molecule has 44 heavy (non-hydrogen) atoms. The first-order valence-electron chi connectivity index (χ1n) is 14.5. The number of benzene rings is 6. The minimum Gasteiger partial charge on any atom is -0.208 e. The number of nitrogens with zero attached hydrogens (tertiary/aromatic N) is 3. The van der Waals surface area contributed by atoms with Gasteiger partial charge in [-0.05, 0) is 23.3 Å². The van der Waals surface area contributed by atoms with E-state index in [4.69, 9.17) is 15.0 Å². The van der Waals surface area contributed by atoms with Crippen LogP contribution in [0, 0.1) is 0 Å². The van der Waals surface area contributed by atoms with Gasteiger partial charge in [-0.15, -0.1) is 22.7 Å². The molecule has 0 spiro atoms. The molecule has 0 aliphatic rings. The fraction of sp³-hybridized carbons (Fsp3) is 0. The molecule has 0 aliphatic heterocycles. The first-order valence-corrected chi connectivity index (χ1v) is 16.2. The molecular formula is C39H23N3S2. The summed E-state index contributed by atoms with van der Waals surface area (Å²) >= 11 is 3.78. The van der Waals surface area contributed by atoms with E-state index in [0.717, 1.165) is 16.7 Å². The van der Waals surface area contributed by atoms with Crippen LogP contribution < -0.4 is 0 Å². The van der Waals surface area contributed by atoms with Crippen molar-refractivity contribution in [3.8, 4) is 45.3 Å². The summed E-state index contributed by atoms with van der Waals surface area (Å²) in [5.74, 6) is 2.00. The van der Waals surface area contributed by atoms with Gasteiger partial charge in [0, 0.05) is 57.0 Å². The van der Waals surface area contributed by atoms with Gasteiger partial charge in [-0.25, -0.2) is 15.0 Å². The van der Waals surface area contributed by atoms with E-state index in [1.165, 1.54) is 51.5 Å². The smallest absolute Gasteiger partial charge is 0.164 e. The van der Waals surface area contributed by atoms with Crippen molar-refractivity contribution < 1.29 is 0 Å². The van der Waals surface area contributed by atoms with Crippen molar-refractivity contribution in [1.29, 1.82) is 0 Å². The SMILES string of the molecule is c1ccc(-c2nc(-c3ccccc3)nc(-c3ccc(-c4cccc5c4sc4ccc6c7ccccc7sc6c45)cc3)n2)cc1. The van der Waals surface area contributed by atoms with Crippen LogP contribution in [0.1, 0.15) is 0 Å². The van der Waals surface area contributed by atoms with E-state index < -0.39 is 0 Å². The number of aromatic nitrogens is 3. The van der Waals surface area contributed by atoms with Crippen LogP contribution >= 0.6 is 22.7 Å². The van der Waals surface area contributed by atoms with E-state index in [1.807, 2.05) is 83.3 Å². The maximum atomic E-state index is 4.91. The van der Waals surface area contributed by atoms with Gasteiger partial charge in [0.15, 0.2) is 17.5 Å². The third-order valence-corrected chi connectivity index (χ3v) is 10.6. The molecule has 9 rings (SSSR count). The molecule has 6 aromatic carbocycles. The molecule has 3 nitrogen and oxygen atoms in total. The van der Waals surface area contributed by atoms with Gasteiger partial charge in [0.25, 0.3) is 0 Å². The molecule has 0 atom stereocenters.